The Hall–Kier alpha value is -5.14. The molecule has 39 heavy (non-hydrogen) atoms. The van der Waals surface area contributed by atoms with E-state index in [2.05, 4.69) is 5.32 Å². The van der Waals surface area contributed by atoms with Crippen LogP contribution in [0.2, 0.25) is 0 Å². The van der Waals surface area contributed by atoms with Gasteiger partial charge in [0.1, 0.15) is 17.4 Å². The number of benzene rings is 4. The topological polar surface area (TPSA) is 192 Å². The number of primary sulfonamides is 1. The Labute approximate surface area is 221 Å². The number of carbonyl (C=O) groups is 1. The maximum absolute atomic E-state index is 15.1. The van der Waals surface area contributed by atoms with Gasteiger partial charge in [-0.05, 0) is 42.0 Å². The quantitative estimate of drug-likeness (QED) is 0.108. The third-order valence-corrected chi connectivity index (χ3v) is 6.48. The first kappa shape index (κ1) is 26.9. The molecule has 0 aliphatic carbocycles. The number of non-ortho nitro benzene ring substituents is 1. The molecule has 0 bridgehead atoms. The van der Waals surface area contributed by atoms with Gasteiger partial charge in [0, 0.05) is 23.3 Å². The molecule has 0 heterocycles. The standard InChI is InChI=1S/C26H20FN5O6S/c27-21-13-15(19-6-1-2-7-24(19)39(30,36)37)8-10-20(21)26(33)31-22-14-17(32(34)35)9-11-23(22)38-18-5-3-4-16(12-18)25(28)29/h1-14H,(H3,28,29)(H,31,33)(H2,30,36,37). The molecule has 0 fully saturated rings. The van der Waals surface area contributed by atoms with Gasteiger partial charge in [-0.1, -0.05) is 36.4 Å². The number of ether oxygens (including phenoxy) is 1. The fourth-order valence-electron chi connectivity index (χ4n) is 3.68. The highest BCUT2D eigenvalue weighted by atomic mass is 32.2. The minimum atomic E-state index is -4.10. The number of nitrogens with two attached hydrogens (primary N) is 2. The van der Waals surface area contributed by atoms with Gasteiger partial charge in [0.15, 0.2) is 5.75 Å². The Morgan fingerprint density at radius 1 is 1.00 bits per heavy atom. The molecule has 11 nitrogen and oxygen atoms in total. The zero-order valence-corrected chi connectivity index (χ0v) is 20.7. The maximum Gasteiger partial charge on any atom is 0.271 e. The molecule has 4 aromatic carbocycles. The molecular weight excluding hydrogens is 529 g/mol. The number of halogens is 1. The van der Waals surface area contributed by atoms with Crippen LogP contribution in [-0.2, 0) is 10.0 Å². The van der Waals surface area contributed by atoms with Crippen molar-refractivity contribution >= 4 is 33.1 Å². The molecule has 0 aromatic heterocycles. The Bertz CT molecular complexity index is 1740. The number of hydrogen-bond donors (Lipinski definition) is 4. The number of nitro benzene ring substituents is 1. The lowest BCUT2D eigenvalue weighted by atomic mass is 10.0. The van der Waals surface area contributed by atoms with Gasteiger partial charge in [-0.25, -0.2) is 17.9 Å². The summed E-state index contributed by atoms with van der Waals surface area (Å²) in [7, 11) is -4.10. The van der Waals surface area contributed by atoms with E-state index in [0.29, 0.717) is 5.56 Å². The fraction of sp³-hybridized carbons (Fsp3) is 0. The van der Waals surface area contributed by atoms with Gasteiger partial charge in [0.05, 0.1) is 21.1 Å². The largest absolute Gasteiger partial charge is 0.455 e. The highest BCUT2D eigenvalue weighted by molar-refractivity contribution is 7.89. The van der Waals surface area contributed by atoms with Crippen LogP contribution in [0.25, 0.3) is 11.1 Å². The van der Waals surface area contributed by atoms with Crippen LogP contribution in [-0.4, -0.2) is 25.1 Å². The predicted molar refractivity (Wildman–Crippen MR) is 142 cm³/mol. The van der Waals surface area contributed by atoms with Gasteiger partial charge in [-0.2, -0.15) is 0 Å². The molecule has 0 saturated heterocycles. The molecule has 1 amide bonds. The minimum absolute atomic E-state index is 0.00811. The number of amidine groups is 1. The molecule has 0 saturated carbocycles. The summed E-state index contributed by atoms with van der Waals surface area (Å²) in [4.78, 5) is 23.4. The first-order chi connectivity index (χ1) is 18.4. The molecule has 0 radical (unpaired) electrons. The van der Waals surface area contributed by atoms with Crippen molar-refractivity contribution in [1.29, 1.82) is 5.41 Å². The number of nitrogen functional groups attached to an aromatic ring is 1. The lowest BCUT2D eigenvalue weighted by Gasteiger charge is -2.14. The van der Waals surface area contributed by atoms with Gasteiger partial charge < -0.3 is 15.8 Å². The molecule has 0 unspecified atom stereocenters. The average Bonchev–Trinajstić information content (AvgIpc) is 2.89. The second-order valence-corrected chi connectivity index (χ2v) is 9.70. The van der Waals surface area contributed by atoms with E-state index in [4.69, 9.17) is 21.0 Å². The molecule has 0 aliphatic rings. The van der Waals surface area contributed by atoms with Crippen LogP contribution in [0, 0.1) is 21.3 Å². The Morgan fingerprint density at radius 2 is 1.74 bits per heavy atom. The molecule has 0 aliphatic heterocycles. The van der Waals surface area contributed by atoms with E-state index in [0.717, 1.165) is 24.3 Å². The van der Waals surface area contributed by atoms with Crippen molar-refractivity contribution in [1.82, 2.24) is 0 Å². The monoisotopic (exact) mass is 549 g/mol. The van der Waals surface area contributed by atoms with Crippen molar-refractivity contribution in [2.75, 3.05) is 5.32 Å². The zero-order valence-electron chi connectivity index (χ0n) is 19.9. The molecule has 4 aromatic rings. The number of nitrogens with zero attached hydrogens (tertiary/aromatic N) is 1. The fourth-order valence-corrected chi connectivity index (χ4v) is 4.44. The van der Waals surface area contributed by atoms with E-state index in [-0.39, 0.29) is 44.7 Å². The summed E-state index contributed by atoms with van der Waals surface area (Å²) in [6.07, 6.45) is 0. The van der Waals surface area contributed by atoms with Crippen LogP contribution in [0.3, 0.4) is 0 Å². The van der Waals surface area contributed by atoms with Gasteiger partial charge in [-0.15, -0.1) is 0 Å². The number of rotatable bonds is 8. The van der Waals surface area contributed by atoms with Crippen LogP contribution >= 0.6 is 0 Å². The van der Waals surface area contributed by atoms with Crippen molar-refractivity contribution in [2.24, 2.45) is 10.9 Å². The SMILES string of the molecule is N=C(N)c1cccc(Oc2ccc([N+](=O)[O-])cc2NC(=O)c2ccc(-c3ccccc3S(N)(=O)=O)cc2F)c1. The predicted octanol–water partition coefficient (Wildman–Crippen LogP) is 4.38. The van der Waals surface area contributed by atoms with Gasteiger partial charge in [0.25, 0.3) is 11.6 Å². The van der Waals surface area contributed by atoms with Gasteiger partial charge in [0.2, 0.25) is 10.0 Å². The molecular formula is C26H20FN5O6S. The van der Waals surface area contributed by atoms with Crippen LogP contribution in [0.4, 0.5) is 15.8 Å². The first-order valence-corrected chi connectivity index (χ1v) is 12.6. The second kappa shape index (κ2) is 10.7. The maximum atomic E-state index is 15.1. The van der Waals surface area contributed by atoms with Crippen LogP contribution in [0.15, 0.2) is 89.8 Å². The third kappa shape index (κ3) is 6.06. The van der Waals surface area contributed by atoms with E-state index in [1.807, 2.05) is 0 Å². The highest BCUT2D eigenvalue weighted by Crippen LogP contribution is 2.34. The van der Waals surface area contributed by atoms with Crippen molar-refractivity contribution < 1.29 is 27.3 Å². The lowest BCUT2D eigenvalue weighted by Crippen LogP contribution is -2.15. The summed E-state index contributed by atoms with van der Waals surface area (Å²) in [6.45, 7) is 0. The van der Waals surface area contributed by atoms with E-state index < -0.39 is 32.2 Å². The Morgan fingerprint density at radius 3 is 2.41 bits per heavy atom. The van der Waals surface area contributed by atoms with Crippen LogP contribution in [0.5, 0.6) is 11.5 Å². The number of nitro groups is 1. The summed E-state index contributed by atoms with van der Waals surface area (Å²) in [6, 6.07) is 18.9. The van der Waals surface area contributed by atoms with Crippen molar-refractivity contribution in [3.8, 4) is 22.6 Å². The molecule has 0 spiro atoms. The van der Waals surface area contributed by atoms with E-state index in [1.165, 1.54) is 36.4 Å². The lowest BCUT2D eigenvalue weighted by molar-refractivity contribution is -0.384. The van der Waals surface area contributed by atoms with E-state index in [9.17, 15) is 23.3 Å². The average molecular weight is 550 g/mol. The number of nitrogens with one attached hydrogen (secondary N) is 2. The minimum Gasteiger partial charge on any atom is -0.455 e. The number of amides is 1. The number of sulfonamides is 1. The summed E-state index contributed by atoms with van der Waals surface area (Å²) >= 11 is 0. The summed E-state index contributed by atoms with van der Waals surface area (Å²) < 4.78 is 44.7. The number of hydrogen-bond acceptors (Lipinski definition) is 7. The summed E-state index contributed by atoms with van der Waals surface area (Å²) in [5.41, 5.74) is 5.29. The van der Waals surface area contributed by atoms with Crippen molar-refractivity contribution in [3.05, 3.63) is 112 Å². The highest BCUT2D eigenvalue weighted by Gasteiger charge is 2.20. The smallest absolute Gasteiger partial charge is 0.271 e. The third-order valence-electron chi connectivity index (χ3n) is 5.51. The first-order valence-electron chi connectivity index (χ1n) is 11.1. The normalized spacial score (nSPS) is 11.0. The molecule has 198 valence electrons. The number of carbonyl (C=O) groups excluding carboxylic acids is 1. The Kier molecular flexibility index (Phi) is 7.38. The second-order valence-electron chi connectivity index (χ2n) is 8.17. The molecule has 6 N–H and O–H groups in total. The molecule has 4 rings (SSSR count). The van der Waals surface area contributed by atoms with Crippen LogP contribution < -0.4 is 20.9 Å². The van der Waals surface area contributed by atoms with Crippen molar-refractivity contribution in [3.63, 3.8) is 0 Å². The van der Waals surface area contributed by atoms with Gasteiger partial charge >= 0.3 is 0 Å². The van der Waals surface area contributed by atoms with Crippen LogP contribution in [0.1, 0.15) is 15.9 Å². The van der Waals surface area contributed by atoms with Crippen molar-refractivity contribution in [2.45, 2.75) is 4.90 Å². The number of anilines is 1. The van der Waals surface area contributed by atoms with E-state index in [1.54, 1.807) is 24.3 Å². The van der Waals surface area contributed by atoms with E-state index >= 15 is 4.39 Å². The Balaban J connectivity index is 1.67. The molecule has 0 atom stereocenters. The summed E-state index contributed by atoms with van der Waals surface area (Å²) in [5.74, 6) is -1.88. The van der Waals surface area contributed by atoms with Gasteiger partial charge in [-0.3, -0.25) is 20.3 Å². The summed E-state index contributed by atoms with van der Waals surface area (Å²) in [5, 5.41) is 26.6. The molecule has 13 heteroatoms. The zero-order chi connectivity index (χ0) is 28.3.